The Labute approximate surface area is 124 Å². The minimum absolute atomic E-state index is 0.175. The van der Waals surface area contributed by atoms with Gasteiger partial charge in [0.25, 0.3) is 0 Å². The molecule has 0 aliphatic carbocycles. The van der Waals surface area contributed by atoms with Gasteiger partial charge in [0.15, 0.2) is 0 Å². The smallest absolute Gasteiger partial charge is 0.0397 e. The number of anilines is 1. The van der Waals surface area contributed by atoms with E-state index in [1.54, 1.807) is 0 Å². The summed E-state index contributed by atoms with van der Waals surface area (Å²) in [6.07, 6.45) is 2.36. The van der Waals surface area contributed by atoms with Crippen LogP contribution in [0.1, 0.15) is 52.2 Å². The van der Waals surface area contributed by atoms with Gasteiger partial charge in [0.05, 0.1) is 0 Å². The second-order valence-electron chi connectivity index (χ2n) is 8.11. The number of likely N-dealkylation sites (N-methyl/N-ethyl adjacent to an activating group) is 1. The summed E-state index contributed by atoms with van der Waals surface area (Å²) in [5.41, 5.74) is 4.84. The van der Waals surface area contributed by atoms with Gasteiger partial charge in [-0.1, -0.05) is 32.9 Å². The van der Waals surface area contributed by atoms with E-state index in [4.69, 9.17) is 0 Å². The summed E-state index contributed by atoms with van der Waals surface area (Å²) in [5.74, 6) is 0. The minimum Gasteiger partial charge on any atom is -0.374 e. The quantitative estimate of drug-likeness (QED) is 0.893. The van der Waals surface area contributed by atoms with Crippen molar-refractivity contribution < 1.29 is 0 Å². The highest BCUT2D eigenvalue weighted by atomic mass is 15.1. The van der Waals surface area contributed by atoms with Gasteiger partial charge in [0.1, 0.15) is 0 Å². The van der Waals surface area contributed by atoms with Crippen molar-refractivity contribution in [3.05, 3.63) is 29.3 Å². The first-order valence-corrected chi connectivity index (χ1v) is 7.74. The number of nitrogens with one attached hydrogen (secondary N) is 1. The van der Waals surface area contributed by atoms with E-state index in [9.17, 15) is 0 Å². The van der Waals surface area contributed by atoms with Crippen LogP contribution in [0.15, 0.2) is 18.2 Å². The second-order valence-corrected chi connectivity index (χ2v) is 8.11. The van der Waals surface area contributed by atoms with Crippen molar-refractivity contribution in [1.29, 1.82) is 0 Å². The number of hydrogen-bond donors (Lipinski definition) is 1. The maximum absolute atomic E-state index is 3.72. The van der Waals surface area contributed by atoms with Crippen molar-refractivity contribution in [2.24, 2.45) is 5.41 Å². The Morgan fingerprint density at radius 2 is 1.85 bits per heavy atom. The SMILES string of the molecule is CN1CCc2cc(CNC(C)(C)CC(C)(C)C)ccc21. The summed E-state index contributed by atoms with van der Waals surface area (Å²) in [4.78, 5) is 2.34. The average molecular weight is 274 g/mol. The van der Waals surface area contributed by atoms with E-state index in [2.05, 4.69) is 70.1 Å². The molecule has 0 amide bonds. The molecule has 0 aromatic heterocycles. The normalized spacial score (nSPS) is 15.6. The van der Waals surface area contributed by atoms with Crippen LogP contribution in [0.3, 0.4) is 0 Å². The number of hydrogen-bond acceptors (Lipinski definition) is 2. The lowest BCUT2D eigenvalue weighted by Gasteiger charge is -2.33. The fourth-order valence-electron chi connectivity index (χ4n) is 3.46. The molecule has 1 aliphatic heterocycles. The van der Waals surface area contributed by atoms with Gasteiger partial charge in [-0.15, -0.1) is 0 Å². The zero-order valence-corrected chi connectivity index (χ0v) is 14.0. The molecule has 0 radical (unpaired) electrons. The Kier molecular flexibility index (Phi) is 4.15. The van der Waals surface area contributed by atoms with Gasteiger partial charge in [-0.3, -0.25) is 0 Å². The Bertz CT molecular complexity index is 469. The summed E-state index contributed by atoms with van der Waals surface area (Å²) in [6.45, 7) is 13.6. The fraction of sp³-hybridized carbons (Fsp3) is 0.667. The number of fused-ring (bicyclic) bond motifs is 1. The molecule has 1 heterocycles. The Morgan fingerprint density at radius 1 is 1.15 bits per heavy atom. The third kappa shape index (κ3) is 3.99. The van der Waals surface area contributed by atoms with Gasteiger partial charge in [-0.05, 0) is 49.3 Å². The lowest BCUT2D eigenvalue weighted by molar-refractivity contribution is 0.240. The van der Waals surface area contributed by atoms with E-state index in [1.807, 2.05) is 0 Å². The molecule has 112 valence electrons. The van der Waals surface area contributed by atoms with Crippen LogP contribution in [0.5, 0.6) is 0 Å². The number of benzene rings is 1. The molecule has 1 aromatic carbocycles. The number of nitrogens with zero attached hydrogens (tertiary/aromatic N) is 1. The van der Waals surface area contributed by atoms with Crippen LogP contribution >= 0.6 is 0 Å². The zero-order chi connectivity index (χ0) is 15.0. The van der Waals surface area contributed by atoms with Crippen molar-refractivity contribution in [1.82, 2.24) is 5.32 Å². The molecular formula is C18H30N2. The summed E-state index contributed by atoms with van der Waals surface area (Å²) >= 11 is 0. The number of rotatable bonds is 4. The van der Waals surface area contributed by atoms with Gasteiger partial charge in [-0.2, -0.15) is 0 Å². The molecule has 0 saturated carbocycles. The Morgan fingerprint density at radius 3 is 2.50 bits per heavy atom. The predicted octanol–water partition coefficient (Wildman–Crippen LogP) is 3.98. The average Bonchev–Trinajstić information content (AvgIpc) is 2.65. The highest BCUT2D eigenvalue weighted by Gasteiger charge is 2.25. The van der Waals surface area contributed by atoms with Crippen LogP contribution in [0.25, 0.3) is 0 Å². The standard InChI is InChI=1S/C18H30N2/c1-17(2,3)13-18(4,5)19-12-14-7-8-16-15(11-14)9-10-20(16)6/h7-8,11,19H,9-10,12-13H2,1-6H3. The van der Waals surface area contributed by atoms with Crippen molar-refractivity contribution in [2.45, 2.75) is 59.5 Å². The molecule has 2 nitrogen and oxygen atoms in total. The van der Waals surface area contributed by atoms with Crippen LogP contribution in [0.4, 0.5) is 5.69 Å². The van der Waals surface area contributed by atoms with Crippen molar-refractivity contribution in [3.8, 4) is 0 Å². The summed E-state index contributed by atoms with van der Waals surface area (Å²) in [6, 6.07) is 6.91. The van der Waals surface area contributed by atoms with Gasteiger partial charge in [0.2, 0.25) is 0 Å². The molecule has 0 bridgehead atoms. The minimum atomic E-state index is 0.175. The third-order valence-electron chi connectivity index (χ3n) is 4.02. The maximum atomic E-state index is 3.72. The van der Waals surface area contributed by atoms with Gasteiger partial charge in [-0.25, -0.2) is 0 Å². The topological polar surface area (TPSA) is 15.3 Å². The first-order valence-electron chi connectivity index (χ1n) is 7.74. The summed E-state index contributed by atoms with van der Waals surface area (Å²) in [7, 11) is 2.18. The molecule has 1 N–H and O–H groups in total. The molecule has 1 aliphatic rings. The van der Waals surface area contributed by atoms with Crippen LogP contribution < -0.4 is 10.2 Å². The third-order valence-corrected chi connectivity index (χ3v) is 4.02. The Hall–Kier alpha value is -1.02. The highest BCUT2D eigenvalue weighted by molar-refractivity contribution is 5.58. The van der Waals surface area contributed by atoms with Crippen LogP contribution in [0.2, 0.25) is 0 Å². The van der Waals surface area contributed by atoms with E-state index >= 15 is 0 Å². The van der Waals surface area contributed by atoms with Crippen molar-refractivity contribution >= 4 is 5.69 Å². The Balaban J connectivity index is 1.98. The monoisotopic (exact) mass is 274 g/mol. The molecule has 0 atom stereocenters. The lowest BCUT2D eigenvalue weighted by atomic mass is 9.81. The second kappa shape index (κ2) is 5.40. The first kappa shape index (κ1) is 15.4. The highest BCUT2D eigenvalue weighted by Crippen LogP contribution is 2.29. The van der Waals surface area contributed by atoms with Crippen molar-refractivity contribution in [2.75, 3.05) is 18.5 Å². The van der Waals surface area contributed by atoms with E-state index < -0.39 is 0 Å². The van der Waals surface area contributed by atoms with Gasteiger partial charge >= 0.3 is 0 Å². The summed E-state index contributed by atoms with van der Waals surface area (Å²) < 4.78 is 0. The van der Waals surface area contributed by atoms with E-state index in [-0.39, 0.29) is 5.54 Å². The molecule has 2 heteroatoms. The first-order chi connectivity index (χ1) is 9.16. The largest absolute Gasteiger partial charge is 0.374 e. The van der Waals surface area contributed by atoms with Gasteiger partial charge in [0, 0.05) is 31.4 Å². The molecule has 0 unspecified atom stereocenters. The molecule has 0 fully saturated rings. The zero-order valence-electron chi connectivity index (χ0n) is 14.0. The molecule has 1 aromatic rings. The van der Waals surface area contributed by atoms with E-state index in [1.165, 1.54) is 29.7 Å². The van der Waals surface area contributed by atoms with E-state index in [0.717, 1.165) is 13.1 Å². The molecule has 20 heavy (non-hydrogen) atoms. The van der Waals surface area contributed by atoms with Crippen molar-refractivity contribution in [3.63, 3.8) is 0 Å². The molecule has 2 rings (SSSR count). The van der Waals surface area contributed by atoms with Crippen LogP contribution in [-0.2, 0) is 13.0 Å². The van der Waals surface area contributed by atoms with Crippen LogP contribution in [-0.4, -0.2) is 19.1 Å². The fourth-order valence-corrected chi connectivity index (χ4v) is 3.46. The lowest BCUT2D eigenvalue weighted by Crippen LogP contribution is -2.41. The van der Waals surface area contributed by atoms with Gasteiger partial charge < -0.3 is 10.2 Å². The molecule has 0 spiro atoms. The van der Waals surface area contributed by atoms with Crippen LogP contribution in [0, 0.1) is 5.41 Å². The molecule has 0 saturated heterocycles. The molecular weight excluding hydrogens is 244 g/mol. The maximum Gasteiger partial charge on any atom is 0.0397 e. The summed E-state index contributed by atoms with van der Waals surface area (Å²) in [5, 5.41) is 3.72. The van der Waals surface area contributed by atoms with E-state index in [0.29, 0.717) is 5.41 Å². The predicted molar refractivity (Wildman–Crippen MR) is 88.4 cm³/mol.